The fourth-order valence-electron chi connectivity index (χ4n) is 2.43. The summed E-state index contributed by atoms with van der Waals surface area (Å²) in [6.07, 6.45) is 6.99. The Morgan fingerprint density at radius 1 is 1.56 bits per heavy atom. The summed E-state index contributed by atoms with van der Waals surface area (Å²) in [5.41, 5.74) is 1.06. The lowest BCUT2D eigenvalue weighted by Crippen LogP contribution is -2.23. The van der Waals surface area contributed by atoms with Crippen LogP contribution in [0.3, 0.4) is 0 Å². The van der Waals surface area contributed by atoms with Crippen molar-refractivity contribution in [1.29, 1.82) is 0 Å². The number of hydrogen-bond acceptors (Lipinski definition) is 2. The van der Waals surface area contributed by atoms with Crippen molar-refractivity contribution in [3.05, 3.63) is 21.9 Å². The number of halogens is 2. The summed E-state index contributed by atoms with van der Waals surface area (Å²) in [4.78, 5) is 4.13. The summed E-state index contributed by atoms with van der Waals surface area (Å²) in [6, 6.07) is 2.60. The van der Waals surface area contributed by atoms with Crippen molar-refractivity contribution in [3.8, 4) is 0 Å². The Labute approximate surface area is 110 Å². The number of anilines is 1. The SMILES string of the molecule is CCC1CCCC1Nc1cnc(Cl)c(Br)c1. The van der Waals surface area contributed by atoms with Crippen molar-refractivity contribution in [2.24, 2.45) is 5.92 Å². The van der Waals surface area contributed by atoms with Gasteiger partial charge in [0.25, 0.3) is 0 Å². The van der Waals surface area contributed by atoms with E-state index in [-0.39, 0.29) is 0 Å². The first-order valence-corrected chi connectivity index (χ1v) is 6.95. The molecule has 1 heterocycles. The molecule has 2 unspecified atom stereocenters. The van der Waals surface area contributed by atoms with E-state index in [2.05, 4.69) is 33.2 Å². The molecule has 2 rings (SSSR count). The van der Waals surface area contributed by atoms with Crippen LogP contribution in [-0.4, -0.2) is 11.0 Å². The van der Waals surface area contributed by atoms with E-state index in [1.807, 2.05) is 6.07 Å². The highest BCUT2D eigenvalue weighted by molar-refractivity contribution is 9.10. The second-order valence-corrected chi connectivity index (χ2v) is 5.56. The molecule has 1 aromatic rings. The van der Waals surface area contributed by atoms with Crippen LogP contribution in [0.1, 0.15) is 32.6 Å². The van der Waals surface area contributed by atoms with Crippen molar-refractivity contribution in [1.82, 2.24) is 4.98 Å². The third-order valence-electron chi connectivity index (χ3n) is 3.33. The molecule has 2 nitrogen and oxygen atoms in total. The fraction of sp³-hybridized carbons (Fsp3) is 0.583. The van der Waals surface area contributed by atoms with Gasteiger partial charge in [-0.25, -0.2) is 4.98 Å². The summed E-state index contributed by atoms with van der Waals surface area (Å²) in [5.74, 6) is 0.800. The molecule has 0 aromatic carbocycles. The highest BCUT2D eigenvalue weighted by Gasteiger charge is 2.25. The molecule has 1 fully saturated rings. The summed E-state index contributed by atoms with van der Waals surface area (Å²) in [5, 5.41) is 4.08. The second kappa shape index (κ2) is 5.37. The van der Waals surface area contributed by atoms with Gasteiger partial charge < -0.3 is 5.32 Å². The average molecular weight is 304 g/mol. The van der Waals surface area contributed by atoms with Crippen LogP contribution in [-0.2, 0) is 0 Å². The molecule has 88 valence electrons. The maximum absolute atomic E-state index is 5.87. The van der Waals surface area contributed by atoms with Gasteiger partial charge in [0, 0.05) is 6.04 Å². The molecular formula is C12H16BrClN2. The van der Waals surface area contributed by atoms with Gasteiger partial charge in [0.15, 0.2) is 0 Å². The van der Waals surface area contributed by atoms with Gasteiger partial charge in [-0.2, -0.15) is 0 Å². The summed E-state index contributed by atoms with van der Waals surface area (Å²) in [6.45, 7) is 2.26. The zero-order valence-corrected chi connectivity index (χ0v) is 11.7. The summed E-state index contributed by atoms with van der Waals surface area (Å²) >= 11 is 9.26. The van der Waals surface area contributed by atoms with Crippen LogP contribution in [0.25, 0.3) is 0 Å². The van der Waals surface area contributed by atoms with Crippen LogP contribution >= 0.6 is 27.5 Å². The number of nitrogens with one attached hydrogen (secondary N) is 1. The van der Waals surface area contributed by atoms with Gasteiger partial charge in [-0.15, -0.1) is 0 Å². The predicted molar refractivity (Wildman–Crippen MR) is 72.0 cm³/mol. The molecule has 0 spiro atoms. The number of nitrogens with zero attached hydrogens (tertiary/aromatic N) is 1. The molecule has 1 aliphatic carbocycles. The van der Waals surface area contributed by atoms with Crippen LogP contribution in [0.2, 0.25) is 5.15 Å². The molecule has 1 N–H and O–H groups in total. The van der Waals surface area contributed by atoms with Crippen LogP contribution < -0.4 is 5.32 Å². The molecule has 0 saturated heterocycles. The lowest BCUT2D eigenvalue weighted by atomic mass is 10.0. The largest absolute Gasteiger partial charge is 0.381 e. The van der Waals surface area contributed by atoms with Crippen LogP contribution in [0.15, 0.2) is 16.7 Å². The molecular weight excluding hydrogens is 288 g/mol. The molecule has 16 heavy (non-hydrogen) atoms. The standard InChI is InChI=1S/C12H16BrClN2/c1-2-8-4-3-5-11(8)16-9-6-10(13)12(14)15-7-9/h6-8,11,16H,2-5H2,1H3. The number of aromatic nitrogens is 1. The van der Waals surface area contributed by atoms with Gasteiger partial charge in [-0.05, 0) is 40.8 Å². The first kappa shape index (κ1) is 12.2. The Kier molecular flexibility index (Phi) is 4.09. The van der Waals surface area contributed by atoms with Crippen molar-refractivity contribution in [3.63, 3.8) is 0 Å². The molecule has 1 aliphatic rings. The lowest BCUT2D eigenvalue weighted by molar-refractivity contribution is 0.489. The number of rotatable bonds is 3. The Balaban J connectivity index is 2.05. The first-order chi connectivity index (χ1) is 7.70. The Morgan fingerprint density at radius 2 is 2.38 bits per heavy atom. The van der Waals surface area contributed by atoms with Crippen LogP contribution in [0.4, 0.5) is 5.69 Å². The van der Waals surface area contributed by atoms with E-state index in [0.717, 1.165) is 16.1 Å². The van der Waals surface area contributed by atoms with E-state index in [1.54, 1.807) is 6.20 Å². The second-order valence-electron chi connectivity index (χ2n) is 4.35. The third kappa shape index (κ3) is 2.69. The monoisotopic (exact) mass is 302 g/mol. The summed E-state index contributed by atoms with van der Waals surface area (Å²) in [7, 11) is 0. The topological polar surface area (TPSA) is 24.9 Å². The molecule has 0 radical (unpaired) electrons. The average Bonchev–Trinajstić information content (AvgIpc) is 2.71. The highest BCUT2D eigenvalue weighted by Crippen LogP contribution is 2.31. The van der Waals surface area contributed by atoms with Gasteiger partial charge in [-0.3, -0.25) is 0 Å². The van der Waals surface area contributed by atoms with E-state index in [9.17, 15) is 0 Å². The Bertz CT molecular complexity index is 370. The smallest absolute Gasteiger partial charge is 0.143 e. The van der Waals surface area contributed by atoms with Gasteiger partial charge in [0.1, 0.15) is 5.15 Å². The molecule has 2 atom stereocenters. The maximum Gasteiger partial charge on any atom is 0.143 e. The van der Waals surface area contributed by atoms with E-state index in [0.29, 0.717) is 11.2 Å². The van der Waals surface area contributed by atoms with Crippen LogP contribution in [0.5, 0.6) is 0 Å². The minimum Gasteiger partial charge on any atom is -0.381 e. The van der Waals surface area contributed by atoms with Crippen molar-refractivity contribution < 1.29 is 0 Å². The normalized spacial score (nSPS) is 24.7. The molecule has 0 amide bonds. The number of pyridine rings is 1. The van der Waals surface area contributed by atoms with Crippen molar-refractivity contribution in [2.75, 3.05) is 5.32 Å². The van der Waals surface area contributed by atoms with Gasteiger partial charge in [0.2, 0.25) is 0 Å². The van der Waals surface area contributed by atoms with Crippen molar-refractivity contribution in [2.45, 2.75) is 38.6 Å². The quantitative estimate of drug-likeness (QED) is 0.832. The molecule has 1 saturated carbocycles. The molecule has 0 aliphatic heterocycles. The highest BCUT2D eigenvalue weighted by atomic mass is 79.9. The van der Waals surface area contributed by atoms with Crippen LogP contribution in [0, 0.1) is 5.92 Å². The van der Waals surface area contributed by atoms with E-state index in [4.69, 9.17) is 11.6 Å². The molecule has 4 heteroatoms. The predicted octanol–water partition coefficient (Wildman–Crippen LogP) is 4.49. The van der Waals surface area contributed by atoms with Gasteiger partial charge in [0.05, 0.1) is 16.4 Å². The lowest BCUT2D eigenvalue weighted by Gasteiger charge is -2.20. The van der Waals surface area contributed by atoms with E-state index in [1.165, 1.54) is 25.7 Å². The van der Waals surface area contributed by atoms with Gasteiger partial charge >= 0.3 is 0 Å². The first-order valence-electron chi connectivity index (χ1n) is 5.78. The zero-order valence-electron chi connectivity index (χ0n) is 9.34. The van der Waals surface area contributed by atoms with E-state index < -0.39 is 0 Å². The molecule has 1 aromatic heterocycles. The minimum atomic E-state index is 0.518. The maximum atomic E-state index is 5.87. The number of hydrogen-bond donors (Lipinski definition) is 1. The Hall–Kier alpha value is -0.280. The zero-order chi connectivity index (χ0) is 11.5. The Morgan fingerprint density at radius 3 is 3.06 bits per heavy atom. The van der Waals surface area contributed by atoms with E-state index >= 15 is 0 Å². The third-order valence-corrected chi connectivity index (χ3v) is 4.47. The fourth-order valence-corrected chi connectivity index (χ4v) is 2.88. The summed E-state index contributed by atoms with van der Waals surface area (Å²) < 4.78 is 0.852. The minimum absolute atomic E-state index is 0.518. The van der Waals surface area contributed by atoms with Crippen molar-refractivity contribution >= 4 is 33.2 Å². The molecule has 0 bridgehead atoms. The van der Waals surface area contributed by atoms with Gasteiger partial charge in [-0.1, -0.05) is 31.4 Å².